The number of benzene rings is 2. The smallest absolute Gasteiger partial charge is 0.288 e. The topological polar surface area (TPSA) is 101 Å². The Bertz CT molecular complexity index is 1320. The van der Waals surface area contributed by atoms with Gasteiger partial charge in [0, 0.05) is 15.6 Å². The molecule has 1 aliphatic heterocycles. The van der Waals surface area contributed by atoms with E-state index in [1.807, 2.05) is 24.3 Å². The summed E-state index contributed by atoms with van der Waals surface area (Å²) < 4.78 is 2.66. The number of anilines is 2. The summed E-state index contributed by atoms with van der Waals surface area (Å²) in [6, 6.07) is 15.8. The Labute approximate surface area is 186 Å². The Balaban J connectivity index is 1.75. The number of rotatable bonds is 2. The fourth-order valence-corrected chi connectivity index (χ4v) is 4.10. The van der Waals surface area contributed by atoms with Gasteiger partial charge in [-0.2, -0.15) is 9.78 Å². The summed E-state index contributed by atoms with van der Waals surface area (Å²) in [7, 11) is 0. The van der Waals surface area contributed by atoms with E-state index in [0.717, 1.165) is 21.2 Å². The molecule has 0 spiro atoms. The molecule has 31 heavy (non-hydrogen) atoms. The number of hydrogen-bond donors (Lipinski definition) is 2. The van der Waals surface area contributed by atoms with E-state index >= 15 is 0 Å². The second kappa shape index (κ2) is 7.12. The fourth-order valence-electron chi connectivity index (χ4n) is 3.84. The van der Waals surface area contributed by atoms with E-state index in [0.29, 0.717) is 17.3 Å². The monoisotopic (exact) mass is 477 g/mol. The lowest BCUT2D eigenvalue weighted by atomic mass is 9.85. The van der Waals surface area contributed by atoms with E-state index in [-0.39, 0.29) is 11.0 Å². The zero-order valence-electron chi connectivity index (χ0n) is 17.2. The Morgan fingerprint density at radius 3 is 2.42 bits per heavy atom. The van der Waals surface area contributed by atoms with Gasteiger partial charge >= 0.3 is 0 Å². The third-order valence-corrected chi connectivity index (χ3v) is 6.01. The molecule has 0 amide bonds. The molecule has 0 saturated carbocycles. The number of nitrogens with zero attached hydrogens (tertiary/aromatic N) is 5. The van der Waals surface area contributed by atoms with Crippen molar-refractivity contribution in [1.82, 2.24) is 30.4 Å². The van der Waals surface area contributed by atoms with Crippen LogP contribution in [-0.4, -0.2) is 30.4 Å². The van der Waals surface area contributed by atoms with Crippen LogP contribution < -0.4 is 10.9 Å². The maximum Gasteiger partial charge on any atom is 0.288 e. The van der Waals surface area contributed by atoms with Gasteiger partial charge in [-0.05, 0) is 39.1 Å². The van der Waals surface area contributed by atoms with Gasteiger partial charge in [-0.1, -0.05) is 78.2 Å². The summed E-state index contributed by atoms with van der Waals surface area (Å²) >= 11 is 3.47. The molecular formula is C22H20BrN7O. The van der Waals surface area contributed by atoms with Gasteiger partial charge in [0.05, 0.1) is 5.69 Å². The SMILES string of the molecule is CC(C)(C)c1ccc(C2c3c(-c4ccc(Br)cc4)n[nH]c(=O)c3Nc3nnnn32)cc1. The summed E-state index contributed by atoms with van der Waals surface area (Å²) in [5.74, 6) is 0.413. The van der Waals surface area contributed by atoms with Crippen LogP contribution in [0.1, 0.15) is 43.5 Å². The number of nitrogens with one attached hydrogen (secondary N) is 2. The molecule has 0 saturated heterocycles. The highest BCUT2D eigenvalue weighted by atomic mass is 79.9. The zero-order chi connectivity index (χ0) is 21.8. The highest BCUT2D eigenvalue weighted by Crippen LogP contribution is 2.41. The van der Waals surface area contributed by atoms with E-state index in [1.54, 1.807) is 4.68 Å². The third-order valence-electron chi connectivity index (χ3n) is 5.48. The molecule has 1 atom stereocenters. The van der Waals surface area contributed by atoms with Crippen molar-refractivity contribution in [2.24, 2.45) is 0 Å². The van der Waals surface area contributed by atoms with Crippen LogP contribution in [0.3, 0.4) is 0 Å². The molecule has 4 aromatic rings. The zero-order valence-corrected chi connectivity index (χ0v) is 18.8. The molecule has 3 heterocycles. The maximum atomic E-state index is 12.7. The number of fused-ring (bicyclic) bond motifs is 2. The molecule has 2 aromatic heterocycles. The molecular weight excluding hydrogens is 458 g/mol. The Morgan fingerprint density at radius 1 is 1.03 bits per heavy atom. The molecule has 0 fully saturated rings. The Morgan fingerprint density at radius 2 is 1.74 bits per heavy atom. The lowest BCUT2D eigenvalue weighted by Crippen LogP contribution is -2.29. The summed E-state index contributed by atoms with van der Waals surface area (Å²) in [6.45, 7) is 6.53. The molecule has 5 rings (SSSR count). The number of aromatic amines is 1. The molecule has 1 unspecified atom stereocenters. The highest BCUT2D eigenvalue weighted by molar-refractivity contribution is 9.10. The van der Waals surface area contributed by atoms with Gasteiger partial charge in [-0.15, -0.1) is 0 Å². The molecule has 2 N–H and O–H groups in total. The molecule has 0 bridgehead atoms. The number of H-pyrrole nitrogens is 1. The Kier molecular flexibility index (Phi) is 4.51. The highest BCUT2D eigenvalue weighted by Gasteiger charge is 2.34. The Hall–Kier alpha value is -3.33. The summed E-state index contributed by atoms with van der Waals surface area (Å²) in [5, 5.41) is 22.2. The lowest BCUT2D eigenvalue weighted by molar-refractivity contribution is 0.564. The second-order valence-electron chi connectivity index (χ2n) is 8.54. The van der Waals surface area contributed by atoms with Crippen molar-refractivity contribution in [2.45, 2.75) is 32.2 Å². The minimum Gasteiger partial charge on any atom is -0.318 e. The average Bonchev–Trinajstić information content (AvgIpc) is 3.21. The maximum absolute atomic E-state index is 12.7. The van der Waals surface area contributed by atoms with Crippen LogP contribution in [0.25, 0.3) is 11.3 Å². The molecule has 8 nitrogen and oxygen atoms in total. The largest absolute Gasteiger partial charge is 0.318 e. The van der Waals surface area contributed by atoms with Crippen LogP contribution in [0.4, 0.5) is 11.6 Å². The summed E-state index contributed by atoms with van der Waals surface area (Å²) in [5.41, 5.74) is 4.59. The van der Waals surface area contributed by atoms with Crippen LogP contribution in [-0.2, 0) is 5.41 Å². The van der Waals surface area contributed by atoms with Crippen LogP contribution in [0.15, 0.2) is 57.8 Å². The van der Waals surface area contributed by atoms with Gasteiger partial charge in [-0.3, -0.25) is 4.79 Å². The summed E-state index contributed by atoms with van der Waals surface area (Å²) in [6.07, 6.45) is 0. The molecule has 1 aliphatic rings. The number of tetrazole rings is 1. The first-order valence-corrected chi connectivity index (χ1v) is 10.7. The second-order valence-corrected chi connectivity index (χ2v) is 9.46. The van der Waals surface area contributed by atoms with Crippen molar-refractivity contribution in [3.05, 3.63) is 80.0 Å². The lowest BCUT2D eigenvalue weighted by Gasteiger charge is -2.28. The minimum atomic E-state index is -0.399. The van der Waals surface area contributed by atoms with E-state index in [4.69, 9.17) is 0 Å². The van der Waals surface area contributed by atoms with Crippen molar-refractivity contribution in [3.8, 4) is 11.3 Å². The molecule has 0 radical (unpaired) electrons. The van der Waals surface area contributed by atoms with E-state index < -0.39 is 6.04 Å². The number of aromatic nitrogens is 6. The minimum absolute atomic E-state index is 0.0335. The van der Waals surface area contributed by atoms with Crippen molar-refractivity contribution < 1.29 is 0 Å². The van der Waals surface area contributed by atoms with Crippen LogP contribution >= 0.6 is 15.9 Å². The first kappa shape index (κ1) is 19.6. The summed E-state index contributed by atoms with van der Waals surface area (Å²) in [4.78, 5) is 12.7. The van der Waals surface area contributed by atoms with E-state index in [1.165, 1.54) is 5.56 Å². The quantitative estimate of drug-likeness (QED) is 0.395. The number of halogens is 1. The van der Waals surface area contributed by atoms with Gasteiger partial charge in [-0.25, -0.2) is 5.10 Å². The molecule has 9 heteroatoms. The van der Waals surface area contributed by atoms with Gasteiger partial charge in [0.2, 0.25) is 5.95 Å². The van der Waals surface area contributed by atoms with Crippen LogP contribution in [0.5, 0.6) is 0 Å². The molecule has 2 aromatic carbocycles. The predicted molar refractivity (Wildman–Crippen MR) is 121 cm³/mol. The van der Waals surface area contributed by atoms with Gasteiger partial charge in [0.15, 0.2) is 0 Å². The molecule has 156 valence electrons. The number of hydrogen-bond acceptors (Lipinski definition) is 6. The van der Waals surface area contributed by atoms with Crippen molar-refractivity contribution in [1.29, 1.82) is 0 Å². The van der Waals surface area contributed by atoms with Crippen LogP contribution in [0, 0.1) is 0 Å². The predicted octanol–water partition coefficient (Wildman–Crippen LogP) is 4.18. The van der Waals surface area contributed by atoms with Gasteiger partial charge < -0.3 is 5.32 Å². The fraction of sp³-hybridized carbons (Fsp3) is 0.227. The normalized spacial score (nSPS) is 15.2. The first-order chi connectivity index (χ1) is 14.8. The first-order valence-electron chi connectivity index (χ1n) is 9.87. The average molecular weight is 478 g/mol. The third kappa shape index (κ3) is 3.34. The van der Waals surface area contributed by atoms with E-state index in [9.17, 15) is 4.79 Å². The van der Waals surface area contributed by atoms with Crippen molar-refractivity contribution in [3.63, 3.8) is 0 Å². The van der Waals surface area contributed by atoms with Crippen molar-refractivity contribution >= 4 is 27.6 Å². The van der Waals surface area contributed by atoms with Gasteiger partial charge in [0.1, 0.15) is 11.7 Å². The van der Waals surface area contributed by atoms with Crippen LogP contribution in [0.2, 0.25) is 0 Å². The van der Waals surface area contributed by atoms with Crippen molar-refractivity contribution in [2.75, 3.05) is 5.32 Å². The van der Waals surface area contributed by atoms with Gasteiger partial charge in [0.25, 0.3) is 5.56 Å². The standard InChI is InChI=1S/C22H20BrN7O/c1-22(2,3)14-8-4-13(5-9-14)19-16-17(12-6-10-15(23)11-7-12)25-26-20(31)18(16)24-21-27-28-29-30(19)21/h4-11,19H,1-3H3,(H,26,31)(H,24,27,29). The molecule has 0 aliphatic carbocycles. The van der Waals surface area contributed by atoms with E-state index in [2.05, 4.69) is 92.0 Å².